The molecule has 0 radical (unpaired) electrons. The first-order chi connectivity index (χ1) is 4.57. The van der Waals surface area contributed by atoms with Gasteiger partial charge in [0.2, 0.25) is 6.41 Å². The van der Waals surface area contributed by atoms with Crippen molar-refractivity contribution in [3.63, 3.8) is 0 Å². The Morgan fingerprint density at radius 2 is 1.80 bits per heavy atom. The third kappa shape index (κ3) is 3.45. The Morgan fingerprint density at radius 3 is 1.90 bits per heavy atom. The van der Waals surface area contributed by atoms with Gasteiger partial charge in [-0.2, -0.15) is 0 Å². The summed E-state index contributed by atoms with van der Waals surface area (Å²) < 4.78 is 0. The van der Waals surface area contributed by atoms with Crippen molar-refractivity contribution >= 4 is 6.41 Å². The van der Waals surface area contributed by atoms with Crippen molar-refractivity contribution in [3.8, 4) is 0 Å². The minimum absolute atomic E-state index is 0.222. The van der Waals surface area contributed by atoms with Crippen LogP contribution in [0.5, 0.6) is 0 Å². The summed E-state index contributed by atoms with van der Waals surface area (Å²) in [5, 5.41) is 1.56. The lowest BCUT2D eigenvalue weighted by Gasteiger charge is -2.24. The molecule has 1 amide bonds. The first kappa shape index (κ1) is 9.43. The van der Waals surface area contributed by atoms with Gasteiger partial charge in [-0.1, -0.05) is 0 Å². The van der Waals surface area contributed by atoms with E-state index in [4.69, 9.17) is 0 Å². The highest BCUT2D eigenvalue weighted by atomic mass is 16.1. The molecule has 0 aliphatic heterocycles. The summed E-state index contributed by atoms with van der Waals surface area (Å²) >= 11 is 0. The van der Waals surface area contributed by atoms with Crippen LogP contribution in [0.15, 0.2) is 0 Å². The van der Waals surface area contributed by atoms with Gasteiger partial charge in [0.25, 0.3) is 0 Å². The van der Waals surface area contributed by atoms with Gasteiger partial charge in [-0.3, -0.25) is 9.80 Å². The Balaban J connectivity index is 3.71. The predicted molar refractivity (Wildman–Crippen MR) is 41.3 cm³/mol. The summed E-state index contributed by atoms with van der Waals surface area (Å²) in [7, 11) is 0. The summed E-state index contributed by atoms with van der Waals surface area (Å²) in [6, 6.07) is 0.535. The lowest BCUT2D eigenvalue weighted by molar-refractivity contribution is -0.123. The summed E-state index contributed by atoms with van der Waals surface area (Å²) in [4.78, 5) is 10.3. The van der Waals surface area contributed by atoms with Crippen molar-refractivity contribution in [1.29, 1.82) is 0 Å². The van der Waals surface area contributed by atoms with E-state index in [-0.39, 0.29) is 6.04 Å². The molecule has 0 atom stereocenters. The van der Waals surface area contributed by atoms with Gasteiger partial charge in [0.15, 0.2) is 0 Å². The molecule has 0 rings (SSSR count). The fourth-order valence-corrected chi connectivity index (χ4v) is 0.599. The third-order valence-electron chi connectivity index (χ3n) is 1.08. The highest BCUT2D eigenvalue weighted by molar-refractivity contribution is 5.46. The van der Waals surface area contributed by atoms with Gasteiger partial charge in [-0.25, -0.2) is 5.43 Å². The normalized spacial score (nSPS) is 10.6. The maximum absolute atomic E-state index is 10.3. The molecule has 0 unspecified atom stereocenters. The van der Waals surface area contributed by atoms with E-state index in [1.165, 1.54) is 0 Å². The highest BCUT2D eigenvalue weighted by Gasteiger charge is 2.05. The van der Waals surface area contributed by atoms with Crippen molar-refractivity contribution in [2.75, 3.05) is 0 Å². The molecule has 0 aromatic carbocycles. The first-order valence-corrected chi connectivity index (χ1v) is 3.57. The fraction of sp³-hybridized carbons (Fsp3) is 0.857. The standard InChI is InChI=1S/C7H16N2O/c1-6(2)8-9(5-10)7(3)4/h5-8H,1-4H3. The first-order valence-electron chi connectivity index (χ1n) is 3.57. The molecule has 1 N–H and O–H groups in total. The topological polar surface area (TPSA) is 32.3 Å². The van der Waals surface area contributed by atoms with E-state index >= 15 is 0 Å². The predicted octanol–water partition coefficient (Wildman–Crippen LogP) is 0.766. The van der Waals surface area contributed by atoms with Crippen LogP contribution < -0.4 is 5.43 Å². The molecule has 60 valence electrons. The van der Waals surface area contributed by atoms with Gasteiger partial charge >= 0.3 is 0 Å². The number of nitrogens with zero attached hydrogens (tertiary/aromatic N) is 1. The monoisotopic (exact) mass is 144 g/mol. The van der Waals surface area contributed by atoms with Crippen LogP contribution in [0.25, 0.3) is 0 Å². The van der Waals surface area contributed by atoms with Crippen LogP contribution in [0.4, 0.5) is 0 Å². The number of carbonyl (C=O) groups excluding carboxylic acids is 1. The second kappa shape index (κ2) is 4.28. The van der Waals surface area contributed by atoms with E-state index in [0.717, 1.165) is 6.41 Å². The second-order valence-electron chi connectivity index (χ2n) is 2.89. The van der Waals surface area contributed by atoms with Crippen LogP contribution in [-0.4, -0.2) is 23.5 Å². The molecule has 0 bridgehead atoms. The Hall–Kier alpha value is -0.570. The van der Waals surface area contributed by atoms with Crippen molar-refractivity contribution in [2.45, 2.75) is 39.8 Å². The van der Waals surface area contributed by atoms with Crippen molar-refractivity contribution < 1.29 is 4.79 Å². The van der Waals surface area contributed by atoms with Gasteiger partial charge in [0, 0.05) is 12.1 Å². The number of nitrogens with one attached hydrogen (secondary N) is 1. The summed E-state index contributed by atoms with van der Waals surface area (Å²) in [6.45, 7) is 7.92. The molecule has 0 fully saturated rings. The largest absolute Gasteiger partial charge is 0.278 e. The summed E-state index contributed by atoms with van der Waals surface area (Å²) in [5.74, 6) is 0. The lowest BCUT2D eigenvalue weighted by atomic mass is 10.4. The van der Waals surface area contributed by atoms with E-state index in [9.17, 15) is 4.79 Å². The van der Waals surface area contributed by atoms with Gasteiger partial charge in [0.05, 0.1) is 0 Å². The number of rotatable bonds is 4. The third-order valence-corrected chi connectivity index (χ3v) is 1.08. The van der Waals surface area contributed by atoms with E-state index in [0.29, 0.717) is 6.04 Å². The molecule has 0 heterocycles. The Kier molecular flexibility index (Phi) is 4.03. The second-order valence-corrected chi connectivity index (χ2v) is 2.89. The Bertz CT molecular complexity index is 102. The van der Waals surface area contributed by atoms with Crippen LogP contribution in [0.3, 0.4) is 0 Å². The molecule has 0 saturated carbocycles. The van der Waals surface area contributed by atoms with Gasteiger partial charge in [-0.05, 0) is 27.7 Å². The number of hydrazine groups is 1. The van der Waals surface area contributed by atoms with Gasteiger partial charge in [-0.15, -0.1) is 0 Å². The zero-order valence-electron chi connectivity index (χ0n) is 7.09. The molecule has 0 aliphatic carbocycles. The number of carbonyl (C=O) groups is 1. The molecule has 0 aliphatic rings. The average molecular weight is 144 g/mol. The molecule has 3 nitrogen and oxygen atoms in total. The Morgan fingerprint density at radius 1 is 1.30 bits per heavy atom. The van der Waals surface area contributed by atoms with E-state index < -0.39 is 0 Å². The quantitative estimate of drug-likeness (QED) is 0.467. The number of amides is 1. The molecule has 0 saturated heterocycles. The highest BCUT2D eigenvalue weighted by Crippen LogP contribution is 1.90. The number of hydrogen-bond donors (Lipinski definition) is 1. The fourth-order valence-electron chi connectivity index (χ4n) is 0.599. The molecular weight excluding hydrogens is 128 g/mol. The zero-order chi connectivity index (χ0) is 8.15. The molecular formula is C7H16N2O. The van der Waals surface area contributed by atoms with E-state index in [1.54, 1.807) is 5.01 Å². The van der Waals surface area contributed by atoms with Crippen LogP contribution in [-0.2, 0) is 4.79 Å². The average Bonchev–Trinajstić information content (AvgIpc) is 1.81. The zero-order valence-corrected chi connectivity index (χ0v) is 7.09. The maximum atomic E-state index is 10.3. The van der Waals surface area contributed by atoms with Crippen LogP contribution in [0.2, 0.25) is 0 Å². The summed E-state index contributed by atoms with van der Waals surface area (Å²) in [6.07, 6.45) is 0.810. The van der Waals surface area contributed by atoms with Crippen LogP contribution in [0.1, 0.15) is 27.7 Å². The molecule has 0 aromatic rings. The van der Waals surface area contributed by atoms with Crippen LogP contribution >= 0.6 is 0 Å². The van der Waals surface area contributed by atoms with Crippen molar-refractivity contribution in [1.82, 2.24) is 10.4 Å². The van der Waals surface area contributed by atoms with E-state index in [2.05, 4.69) is 5.43 Å². The smallest absolute Gasteiger partial charge is 0.224 e. The van der Waals surface area contributed by atoms with Gasteiger partial charge < -0.3 is 0 Å². The minimum Gasteiger partial charge on any atom is -0.278 e. The van der Waals surface area contributed by atoms with E-state index in [1.807, 2.05) is 27.7 Å². The van der Waals surface area contributed by atoms with Crippen LogP contribution in [0, 0.1) is 0 Å². The Labute approximate surface area is 62.4 Å². The van der Waals surface area contributed by atoms with Crippen molar-refractivity contribution in [2.24, 2.45) is 0 Å². The summed E-state index contributed by atoms with van der Waals surface area (Å²) in [5.41, 5.74) is 2.99. The SMILES string of the molecule is CC(C)NN(C=O)C(C)C. The maximum Gasteiger partial charge on any atom is 0.224 e. The van der Waals surface area contributed by atoms with Gasteiger partial charge in [0.1, 0.15) is 0 Å². The van der Waals surface area contributed by atoms with Crippen molar-refractivity contribution in [3.05, 3.63) is 0 Å². The molecule has 3 heteroatoms. The minimum atomic E-state index is 0.222. The molecule has 0 spiro atoms. The molecule has 0 aromatic heterocycles. The molecule has 10 heavy (non-hydrogen) atoms. The number of hydrogen-bond acceptors (Lipinski definition) is 2. The lowest BCUT2D eigenvalue weighted by Crippen LogP contribution is -2.45.